The number of hydrogen-bond acceptors (Lipinski definition) is 6. The Kier molecular flexibility index (Phi) is 8.39. The highest BCUT2D eigenvalue weighted by Crippen LogP contribution is 2.30. The molecule has 10 heteroatoms. The number of hydrogen-bond donors (Lipinski definition) is 3. The van der Waals surface area contributed by atoms with Crippen LogP contribution in [0.5, 0.6) is 0 Å². The van der Waals surface area contributed by atoms with Crippen molar-refractivity contribution >= 4 is 52.7 Å². The second-order valence-corrected chi connectivity index (χ2v) is 10.1. The predicted octanol–water partition coefficient (Wildman–Crippen LogP) is 4.03. The Morgan fingerprint density at radius 3 is 2.49 bits per heavy atom. The minimum absolute atomic E-state index is 0.0109. The van der Waals surface area contributed by atoms with E-state index in [0.717, 1.165) is 4.90 Å². The average molecular weight is 521 g/mol. The first kappa shape index (κ1) is 26.2. The number of benzene rings is 2. The predicted molar refractivity (Wildman–Crippen MR) is 142 cm³/mol. The average Bonchev–Trinajstić information content (AvgIpc) is 3.27. The number of para-hydroxylation sites is 1. The summed E-state index contributed by atoms with van der Waals surface area (Å²) in [6.07, 6.45) is 4.88. The van der Waals surface area contributed by atoms with Crippen molar-refractivity contribution in [3.63, 3.8) is 0 Å². The highest BCUT2D eigenvalue weighted by molar-refractivity contribution is 8.00. The van der Waals surface area contributed by atoms with Crippen LogP contribution in [0.2, 0.25) is 0 Å². The number of aliphatic carboxylic acids is 1. The molecule has 0 fully saturated rings. The van der Waals surface area contributed by atoms with Crippen molar-refractivity contribution in [3.8, 4) is 0 Å². The van der Waals surface area contributed by atoms with Crippen molar-refractivity contribution in [1.82, 2.24) is 5.32 Å². The molecule has 1 aliphatic carbocycles. The first-order valence-electron chi connectivity index (χ1n) is 12.1. The van der Waals surface area contributed by atoms with Gasteiger partial charge in [-0.05, 0) is 49.6 Å². The molecule has 0 radical (unpaired) electrons. The Hall–Kier alpha value is -3.92. The van der Waals surface area contributed by atoms with Crippen LogP contribution in [0.15, 0.2) is 76.7 Å². The molecule has 2 aliphatic rings. The number of carbonyl (C=O) groups is 4. The molecule has 9 nitrogen and oxygen atoms in total. The van der Waals surface area contributed by atoms with E-state index in [0.29, 0.717) is 36.5 Å². The van der Waals surface area contributed by atoms with Crippen LogP contribution in [0.4, 0.5) is 11.4 Å². The van der Waals surface area contributed by atoms with E-state index in [2.05, 4.69) is 15.7 Å². The van der Waals surface area contributed by atoms with E-state index in [4.69, 9.17) is 0 Å². The smallest absolute Gasteiger partial charge is 0.307 e. The summed E-state index contributed by atoms with van der Waals surface area (Å²) in [5.41, 5.74) is 1.17. The summed E-state index contributed by atoms with van der Waals surface area (Å²) in [4.78, 5) is 50.5. The highest BCUT2D eigenvalue weighted by Gasteiger charge is 2.34. The van der Waals surface area contributed by atoms with Crippen LogP contribution < -0.4 is 15.6 Å². The summed E-state index contributed by atoms with van der Waals surface area (Å²) in [6.45, 7) is 1.89. The summed E-state index contributed by atoms with van der Waals surface area (Å²) in [5.74, 6) is -2.89. The summed E-state index contributed by atoms with van der Waals surface area (Å²) >= 11 is 1.34. The van der Waals surface area contributed by atoms with Gasteiger partial charge >= 0.3 is 5.97 Å². The minimum Gasteiger partial charge on any atom is -0.481 e. The van der Waals surface area contributed by atoms with Crippen molar-refractivity contribution in [3.05, 3.63) is 66.7 Å². The monoisotopic (exact) mass is 520 g/mol. The largest absolute Gasteiger partial charge is 0.481 e. The molecular weight excluding hydrogens is 492 g/mol. The molecule has 4 rings (SSSR count). The molecule has 0 bridgehead atoms. The number of amidine groups is 1. The van der Waals surface area contributed by atoms with Gasteiger partial charge in [0.1, 0.15) is 5.84 Å². The van der Waals surface area contributed by atoms with Crippen LogP contribution in [-0.4, -0.2) is 39.9 Å². The molecule has 2 aromatic carbocycles. The van der Waals surface area contributed by atoms with Crippen LogP contribution in [0.3, 0.4) is 0 Å². The van der Waals surface area contributed by atoms with Gasteiger partial charge in [-0.25, -0.2) is 0 Å². The molecule has 3 unspecified atom stereocenters. The van der Waals surface area contributed by atoms with Gasteiger partial charge in [0, 0.05) is 10.6 Å². The van der Waals surface area contributed by atoms with Crippen molar-refractivity contribution in [2.24, 2.45) is 16.9 Å². The van der Waals surface area contributed by atoms with E-state index in [-0.39, 0.29) is 24.1 Å². The normalized spacial score (nSPS) is 19.8. The maximum absolute atomic E-state index is 13.0. The lowest BCUT2D eigenvalue weighted by atomic mass is 9.82. The molecule has 2 aromatic rings. The zero-order valence-corrected chi connectivity index (χ0v) is 21.1. The quantitative estimate of drug-likeness (QED) is 0.356. The van der Waals surface area contributed by atoms with E-state index < -0.39 is 23.1 Å². The summed E-state index contributed by atoms with van der Waals surface area (Å²) < 4.78 is 0. The van der Waals surface area contributed by atoms with Gasteiger partial charge in [0.25, 0.3) is 5.91 Å². The van der Waals surface area contributed by atoms with Crippen LogP contribution >= 0.6 is 11.8 Å². The van der Waals surface area contributed by atoms with Gasteiger partial charge in [0.15, 0.2) is 0 Å². The maximum atomic E-state index is 13.0. The van der Waals surface area contributed by atoms with Gasteiger partial charge in [-0.1, -0.05) is 43.3 Å². The van der Waals surface area contributed by atoms with Crippen LogP contribution in [0.1, 0.15) is 32.6 Å². The van der Waals surface area contributed by atoms with E-state index in [1.165, 1.54) is 16.8 Å². The van der Waals surface area contributed by atoms with E-state index in [1.54, 1.807) is 36.4 Å². The number of carboxylic acids is 1. The van der Waals surface area contributed by atoms with Gasteiger partial charge in [0.05, 0.1) is 29.2 Å². The minimum atomic E-state index is -0.980. The van der Waals surface area contributed by atoms with Crippen molar-refractivity contribution in [1.29, 1.82) is 0 Å². The zero-order chi connectivity index (χ0) is 26.4. The first-order chi connectivity index (χ1) is 17.9. The Morgan fingerprint density at radius 1 is 1.05 bits per heavy atom. The molecule has 1 heterocycles. The first-order valence-corrected chi connectivity index (χ1v) is 13.0. The third-order valence-corrected chi connectivity index (χ3v) is 7.53. The Morgan fingerprint density at radius 2 is 1.78 bits per heavy atom. The Balaban J connectivity index is 1.38. The number of amides is 3. The second kappa shape index (κ2) is 11.9. The van der Waals surface area contributed by atoms with Crippen LogP contribution in [0, 0.1) is 11.8 Å². The third-order valence-electron chi connectivity index (χ3n) is 6.17. The third kappa shape index (κ3) is 6.45. The van der Waals surface area contributed by atoms with Gasteiger partial charge in [-0.3, -0.25) is 19.2 Å². The topological polar surface area (TPSA) is 128 Å². The second-order valence-electron chi connectivity index (χ2n) is 8.78. The lowest BCUT2D eigenvalue weighted by Crippen LogP contribution is -2.36. The molecule has 0 aromatic heterocycles. The van der Waals surface area contributed by atoms with Crippen molar-refractivity contribution in [2.45, 2.75) is 42.8 Å². The lowest BCUT2D eigenvalue weighted by molar-refractivity contribution is -0.146. The molecule has 192 valence electrons. The number of anilines is 2. The number of rotatable bonds is 8. The number of carbonyl (C=O) groups excluding carboxylic acids is 3. The van der Waals surface area contributed by atoms with Gasteiger partial charge in [0.2, 0.25) is 11.8 Å². The number of allylic oxidation sites excluding steroid dienone is 2. The molecule has 0 saturated carbocycles. The molecule has 0 saturated heterocycles. The van der Waals surface area contributed by atoms with Crippen molar-refractivity contribution < 1.29 is 24.3 Å². The molecule has 37 heavy (non-hydrogen) atoms. The van der Waals surface area contributed by atoms with Crippen molar-refractivity contribution in [2.75, 3.05) is 10.3 Å². The Labute approximate surface area is 219 Å². The van der Waals surface area contributed by atoms with Crippen LogP contribution in [-0.2, 0) is 19.2 Å². The number of nitrogens with zero attached hydrogens (tertiary/aromatic N) is 2. The fourth-order valence-electron chi connectivity index (χ4n) is 4.24. The summed E-state index contributed by atoms with van der Waals surface area (Å²) in [5, 5.41) is 20.2. The van der Waals surface area contributed by atoms with Gasteiger partial charge in [-0.15, -0.1) is 11.8 Å². The molecular formula is C27H28N4O5S. The van der Waals surface area contributed by atoms with Gasteiger partial charge in [-0.2, -0.15) is 10.1 Å². The highest BCUT2D eigenvalue weighted by atomic mass is 32.2. The molecule has 1 aliphatic heterocycles. The molecule has 3 atom stereocenters. The fourth-order valence-corrected chi connectivity index (χ4v) is 5.25. The number of nitrogens with one attached hydrogen (secondary N) is 2. The number of carboxylic acid groups (broad SMARTS) is 1. The lowest BCUT2D eigenvalue weighted by Gasteiger charge is -2.24. The Bertz CT molecular complexity index is 1250. The summed E-state index contributed by atoms with van der Waals surface area (Å²) in [7, 11) is 0. The van der Waals surface area contributed by atoms with E-state index in [9.17, 15) is 24.3 Å². The standard InChI is InChI=1S/C27H28N4O5S/c1-2-22(26(34)29-23-16-24(32)31(30-23)18-10-4-3-5-11-18)37-19-12-8-9-17(15-19)28-25(33)20-13-6-7-14-21(20)27(35)36/h3-12,15,20-22H,2,13-14,16H2,1H3,(H,28,33)(H,35,36)(H,29,30,34). The zero-order valence-electron chi connectivity index (χ0n) is 20.3. The fraction of sp³-hybridized carbons (Fsp3) is 0.296. The number of hydrazone groups is 1. The SMILES string of the molecule is CCC(Sc1cccc(NC(=O)C2CC=CCC2C(=O)O)c1)C(=O)NC1=NN(c2ccccc2)C(=O)C1. The van der Waals surface area contributed by atoms with Crippen LogP contribution in [0.25, 0.3) is 0 Å². The molecule has 3 N–H and O–H groups in total. The molecule has 0 spiro atoms. The maximum Gasteiger partial charge on any atom is 0.307 e. The molecule has 3 amide bonds. The van der Waals surface area contributed by atoms with E-state index >= 15 is 0 Å². The van der Waals surface area contributed by atoms with E-state index in [1.807, 2.05) is 37.3 Å². The summed E-state index contributed by atoms with van der Waals surface area (Å²) in [6, 6.07) is 16.1. The van der Waals surface area contributed by atoms with Gasteiger partial charge < -0.3 is 15.7 Å². The number of thioether (sulfide) groups is 1.